The Kier molecular flexibility index (Phi) is 4.89. The van der Waals surface area contributed by atoms with E-state index >= 15 is 0 Å². The smallest absolute Gasteiger partial charge is 0.155 e. The predicted molar refractivity (Wildman–Crippen MR) is 57.2 cm³/mol. The lowest BCUT2D eigenvalue weighted by Gasteiger charge is -2.07. The summed E-state index contributed by atoms with van der Waals surface area (Å²) in [6.45, 7) is 5.29. The lowest BCUT2D eigenvalue weighted by molar-refractivity contribution is 0.792. The van der Waals surface area contributed by atoms with Gasteiger partial charge in [0.2, 0.25) is 0 Å². The zero-order valence-corrected chi connectivity index (χ0v) is 8.95. The third-order valence-electron chi connectivity index (χ3n) is 2.06. The Bertz CT molecular complexity index is 262. The Morgan fingerprint density at radius 2 is 2.14 bits per heavy atom. The Morgan fingerprint density at radius 1 is 1.29 bits per heavy atom. The van der Waals surface area contributed by atoms with Crippen molar-refractivity contribution in [1.82, 2.24) is 15.4 Å². The molecule has 78 valence electrons. The molecule has 4 heteroatoms. The average Bonchev–Trinajstić information content (AvgIpc) is 2.21. The molecule has 1 rings (SSSR count). The summed E-state index contributed by atoms with van der Waals surface area (Å²) in [4.78, 5) is 0. The molecule has 0 fully saturated rings. The van der Waals surface area contributed by atoms with Crippen LogP contribution in [0.15, 0.2) is 6.20 Å². The van der Waals surface area contributed by atoms with Crippen LogP contribution < -0.4 is 5.32 Å². The quantitative estimate of drug-likeness (QED) is 0.704. The molecule has 0 aromatic carbocycles. The van der Waals surface area contributed by atoms with Crippen molar-refractivity contribution in [2.45, 2.75) is 39.5 Å². The molecule has 14 heavy (non-hydrogen) atoms. The Labute approximate surface area is 85.1 Å². The molecular weight excluding hydrogens is 176 g/mol. The molecule has 1 aromatic heterocycles. The van der Waals surface area contributed by atoms with Gasteiger partial charge in [0.05, 0.1) is 6.20 Å². The Morgan fingerprint density at radius 3 is 2.86 bits per heavy atom. The maximum atomic E-state index is 4.00. The monoisotopic (exact) mass is 194 g/mol. The number of hydrogen-bond donors (Lipinski definition) is 1. The van der Waals surface area contributed by atoms with E-state index in [-0.39, 0.29) is 0 Å². The highest BCUT2D eigenvalue weighted by Crippen LogP contribution is 2.11. The van der Waals surface area contributed by atoms with Crippen molar-refractivity contribution in [3.05, 3.63) is 11.8 Å². The highest BCUT2D eigenvalue weighted by Gasteiger charge is 2.02. The first-order valence-electron chi connectivity index (χ1n) is 5.29. The van der Waals surface area contributed by atoms with Crippen LogP contribution in [0, 0.1) is 0 Å². The predicted octanol–water partition coefficient (Wildman–Crippen LogP) is 2.04. The van der Waals surface area contributed by atoms with Crippen LogP contribution in [0.2, 0.25) is 0 Å². The second-order valence-corrected chi connectivity index (χ2v) is 3.34. The number of unbranched alkanes of at least 4 members (excludes halogenated alkanes) is 1. The van der Waals surface area contributed by atoms with Crippen molar-refractivity contribution < 1.29 is 0 Å². The van der Waals surface area contributed by atoms with Crippen LogP contribution in [-0.4, -0.2) is 22.0 Å². The molecule has 0 atom stereocenters. The summed E-state index contributed by atoms with van der Waals surface area (Å²) < 4.78 is 0. The first-order valence-corrected chi connectivity index (χ1v) is 5.29. The zero-order chi connectivity index (χ0) is 10.2. The van der Waals surface area contributed by atoms with Gasteiger partial charge in [0, 0.05) is 12.1 Å². The summed E-state index contributed by atoms with van der Waals surface area (Å²) in [6.07, 6.45) is 6.27. The van der Waals surface area contributed by atoms with Crippen LogP contribution in [0.25, 0.3) is 0 Å². The summed E-state index contributed by atoms with van der Waals surface area (Å²) in [6, 6.07) is 0. The molecule has 0 spiro atoms. The van der Waals surface area contributed by atoms with Crippen LogP contribution in [0.5, 0.6) is 0 Å². The van der Waals surface area contributed by atoms with Gasteiger partial charge >= 0.3 is 0 Å². The fourth-order valence-corrected chi connectivity index (χ4v) is 1.28. The van der Waals surface area contributed by atoms with E-state index in [0.717, 1.165) is 31.6 Å². The van der Waals surface area contributed by atoms with Gasteiger partial charge in [-0.2, -0.15) is 0 Å². The minimum atomic E-state index is 0.898. The third kappa shape index (κ3) is 3.28. The van der Waals surface area contributed by atoms with Crippen molar-refractivity contribution in [2.24, 2.45) is 0 Å². The molecule has 0 aliphatic heterocycles. The van der Waals surface area contributed by atoms with E-state index in [1.165, 1.54) is 12.0 Å². The molecule has 1 aromatic rings. The van der Waals surface area contributed by atoms with Gasteiger partial charge in [-0.15, -0.1) is 10.2 Å². The number of aromatic nitrogens is 3. The van der Waals surface area contributed by atoms with E-state index in [2.05, 4.69) is 34.6 Å². The molecule has 0 saturated heterocycles. The van der Waals surface area contributed by atoms with Crippen LogP contribution >= 0.6 is 0 Å². The molecule has 4 nitrogen and oxygen atoms in total. The standard InChI is InChI=1S/C10H18N4/c1-3-5-7-11-10-9(6-4-2)8-12-14-13-10/h8H,3-7H2,1-2H3,(H,11,12,13). The third-order valence-corrected chi connectivity index (χ3v) is 2.06. The summed E-state index contributed by atoms with van der Waals surface area (Å²) in [5, 5.41) is 14.7. The van der Waals surface area contributed by atoms with Gasteiger partial charge < -0.3 is 5.32 Å². The number of nitrogens with one attached hydrogen (secondary N) is 1. The average molecular weight is 194 g/mol. The minimum Gasteiger partial charge on any atom is -0.368 e. The van der Waals surface area contributed by atoms with Crippen LogP contribution in [-0.2, 0) is 6.42 Å². The fraction of sp³-hybridized carbons (Fsp3) is 0.700. The largest absolute Gasteiger partial charge is 0.368 e. The number of anilines is 1. The minimum absolute atomic E-state index is 0.898. The van der Waals surface area contributed by atoms with Crippen LogP contribution in [0.4, 0.5) is 5.82 Å². The van der Waals surface area contributed by atoms with E-state index < -0.39 is 0 Å². The number of rotatable bonds is 6. The van der Waals surface area contributed by atoms with E-state index in [1.807, 2.05) is 0 Å². The topological polar surface area (TPSA) is 50.7 Å². The first kappa shape index (κ1) is 10.9. The molecule has 0 unspecified atom stereocenters. The molecule has 1 N–H and O–H groups in total. The van der Waals surface area contributed by atoms with Gasteiger partial charge in [-0.1, -0.05) is 26.7 Å². The Hall–Kier alpha value is -1.19. The summed E-state index contributed by atoms with van der Waals surface area (Å²) >= 11 is 0. The zero-order valence-electron chi connectivity index (χ0n) is 8.95. The summed E-state index contributed by atoms with van der Waals surface area (Å²) in [5.41, 5.74) is 1.17. The van der Waals surface area contributed by atoms with E-state index in [4.69, 9.17) is 0 Å². The lowest BCUT2D eigenvalue weighted by Crippen LogP contribution is -2.07. The van der Waals surface area contributed by atoms with Crippen molar-refractivity contribution in [1.29, 1.82) is 0 Å². The molecule has 0 aliphatic rings. The summed E-state index contributed by atoms with van der Waals surface area (Å²) in [7, 11) is 0. The Balaban J connectivity index is 2.55. The fourth-order valence-electron chi connectivity index (χ4n) is 1.28. The van der Waals surface area contributed by atoms with Gasteiger partial charge in [-0.05, 0) is 18.1 Å². The van der Waals surface area contributed by atoms with Crippen molar-refractivity contribution in [3.8, 4) is 0 Å². The van der Waals surface area contributed by atoms with Crippen LogP contribution in [0.1, 0.15) is 38.7 Å². The van der Waals surface area contributed by atoms with E-state index in [0.29, 0.717) is 0 Å². The van der Waals surface area contributed by atoms with Gasteiger partial charge in [-0.3, -0.25) is 0 Å². The van der Waals surface area contributed by atoms with Crippen molar-refractivity contribution >= 4 is 5.82 Å². The second kappa shape index (κ2) is 6.29. The highest BCUT2D eigenvalue weighted by molar-refractivity contribution is 5.41. The molecule has 0 amide bonds. The highest BCUT2D eigenvalue weighted by atomic mass is 15.3. The van der Waals surface area contributed by atoms with Crippen molar-refractivity contribution in [2.75, 3.05) is 11.9 Å². The SMILES string of the molecule is CCCCNc1nnncc1CCC. The second-order valence-electron chi connectivity index (χ2n) is 3.34. The first-order chi connectivity index (χ1) is 6.88. The van der Waals surface area contributed by atoms with Gasteiger partial charge in [-0.25, -0.2) is 0 Å². The molecule has 1 heterocycles. The molecule has 0 saturated carbocycles. The van der Waals surface area contributed by atoms with E-state index in [9.17, 15) is 0 Å². The maximum Gasteiger partial charge on any atom is 0.155 e. The van der Waals surface area contributed by atoms with Crippen LogP contribution in [0.3, 0.4) is 0 Å². The van der Waals surface area contributed by atoms with Gasteiger partial charge in [0.1, 0.15) is 0 Å². The van der Waals surface area contributed by atoms with Gasteiger partial charge in [0.15, 0.2) is 5.82 Å². The van der Waals surface area contributed by atoms with Gasteiger partial charge in [0.25, 0.3) is 0 Å². The lowest BCUT2D eigenvalue weighted by atomic mass is 10.2. The number of nitrogens with zero attached hydrogens (tertiary/aromatic N) is 3. The molecule has 0 bridgehead atoms. The molecule has 0 aliphatic carbocycles. The normalized spacial score (nSPS) is 10.1. The van der Waals surface area contributed by atoms with E-state index in [1.54, 1.807) is 6.20 Å². The molecule has 0 radical (unpaired) electrons. The van der Waals surface area contributed by atoms with Crippen molar-refractivity contribution in [3.63, 3.8) is 0 Å². The molecular formula is C10H18N4. The number of hydrogen-bond acceptors (Lipinski definition) is 4. The maximum absolute atomic E-state index is 4.00. The number of aryl methyl sites for hydroxylation is 1. The summed E-state index contributed by atoms with van der Waals surface area (Å²) in [5.74, 6) is 0.898.